The third-order valence-electron chi connectivity index (χ3n) is 2.51. The van der Waals surface area contributed by atoms with E-state index in [1.54, 1.807) is 0 Å². The molecular weight excluding hydrogens is 522 g/mol. The van der Waals surface area contributed by atoms with Crippen molar-refractivity contribution in [3.8, 4) is 0 Å². The topological polar surface area (TPSA) is 0 Å². The van der Waals surface area contributed by atoms with Gasteiger partial charge in [-0.2, -0.15) is 0 Å². The molecule has 0 aromatic heterocycles. The Morgan fingerprint density at radius 1 is 0.333 bits per heavy atom. The zero-order valence-electron chi connectivity index (χ0n) is 8.68. The summed E-state index contributed by atoms with van der Waals surface area (Å²) in [4.78, 5) is 0. The summed E-state index contributed by atoms with van der Waals surface area (Å²) in [5.74, 6) is 0. The minimum atomic E-state index is -0.0465. The average molecular weight is 540 g/mol. The van der Waals surface area contributed by atoms with Gasteiger partial charge < -0.3 is 0 Å². The predicted molar refractivity (Wildman–Crippen MR) is 69.7 cm³/mol. The Bertz CT molecular complexity index is 104. The summed E-state index contributed by atoms with van der Waals surface area (Å²) in [6.45, 7) is 0. The van der Waals surface area contributed by atoms with Crippen LogP contribution in [0.5, 0.6) is 0 Å². The quantitative estimate of drug-likeness (QED) is 0.407. The predicted octanol–water partition coefficient (Wildman–Crippen LogP) is 1.22. The standard InChI is InChI=1S/C6H18As6/c1-7-8(2)10(4)12(6)11(5)9(7)3/h1-6H3. The minimum absolute atomic E-state index is 0.0465. The van der Waals surface area contributed by atoms with Gasteiger partial charge in [0.25, 0.3) is 0 Å². The fourth-order valence-corrected chi connectivity index (χ4v) is 832. The normalized spacial score (nSPS) is 55.5. The second-order valence-electron chi connectivity index (χ2n) is 2.94. The molecule has 6 heteroatoms. The van der Waals surface area contributed by atoms with E-state index in [1.165, 1.54) is 0 Å². The van der Waals surface area contributed by atoms with Crippen molar-refractivity contribution in [1.29, 1.82) is 0 Å². The summed E-state index contributed by atoms with van der Waals surface area (Å²) >= 11 is 0. The van der Waals surface area contributed by atoms with Crippen LogP contribution >= 0.6 is 0 Å². The van der Waals surface area contributed by atoms with Crippen molar-refractivity contribution in [3.63, 3.8) is 0 Å². The van der Waals surface area contributed by atoms with Crippen LogP contribution in [0.3, 0.4) is 0 Å². The average Bonchev–Trinajstić information content (AvgIpc) is 2.08. The molecule has 12 heavy (non-hydrogen) atoms. The van der Waals surface area contributed by atoms with Crippen LogP contribution in [0.4, 0.5) is 0 Å². The maximum absolute atomic E-state index is 2.80. The van der Waals surface area contributed by atoms with Crippen LogP contribution in [-0.2, 0) is 0 Å². The zero-order valence-corrected chi connectivity index (χ0v) is 19.9. The molecule has 0 atom stereocenters. The molecule has 0 unspecified atom stereocenters. The molecular formula is C6H18As6. The monoisotopic (exact) mass is 540 g/mol. The molecule has 0 bridgehead atoms. The van der Waals surface area contributed by atoms with E-state index < -0.39 is 0 Å². The van der Waals surface area contributed by atoms with Crippen molar-refractivity contribution >= 4 is 63.1 Å². The van der Waals surface area contributed by atoms with Crippen LogP contribution in [0, 0.1) is 0 Å². The first-order chi connectivity index (χ1) is 5.46. The molecule has 0 nitrogen and oxygen atoms in total. The molecule has 0 radical (unpaired) electrons. The summed E-state index contributed by atoms with van der Waals surface area (Å²) in [5.41, 5.74) is 16.8. The molecule has 0 aromatic carbocycles. The second kappa shape index (κ2) is 5.61. The van der Waals surface area contributed by atoms with Gasteiger partial charge in [-0.1, -0.05) is 0 Å². The van der Waals surface area contributed by atoms with Gasteiger partial charge in [-0.15, -0.1) is 0 Å². The van der Waals surface area contributed by atoms with E-state index in [-0.39, 0.29) is 63.1 Å². The molecule has 1 rings (SSSR count). The summed E-state index contributed by atoms with van der Waals surface area (Å²) in [6, 6.07) is 0. The van der Waals surface area contributed by atoms with E-state index >= 15 is 0 Å². The molecule has 1 saturated heterocycles. The fourth-order valence-electron chi connectivity index (χ4n) is 1.12. The Morgan fingerprint density at radius 3 is 0.500 bits per heavy atom. The molecule has 1 fully saturated rings. The van der Waals surface area contributed by atoms with Gasteiger partial charge in [-0.3, -0.25) is 0 Å². The van der Waals surface area contributed by atoms with Gasteiger partial charge in [0.2, 0.25) is 0 Å². The molecule has 0 amide bonds. The molecule has 1 aliphatic rings. The van der Waals surface area contributed by atoms with Crippen molar-refractivity contribution in [3.05, 3.63) is 0 Å². The van der Waals surface area contributed by atoms with Gasteiger partial charge in [-0.05, 0) is 0 Å². The number of hydrogen-bond acceptors (Lipinski definition) is 0. The third-order valence-corrected chi connectivity index (χ3v) is 358. The van der Waals surface area contributed by atoms with Crippen molar-refractivity contribution in [1.82, 2.24) is 0 Å². The summed E-state index contributed by atoms with van der Waals surface area (Å²) in [7, 11) is -0.279. The Morgan fingerprint density at radius 2 is 0.417 bits per heavy atom. The van der Waals surface area contributed by atoms with Crippen LogP contribution in [-0.4, -0.2) is 63.1 Å². The molecule has 0 saturated carbocycles. The van der Waals surface area contributed by atoms with Gasteiger partial charge in [0, 0.05) is 0 Å². The Labute approximate surface area is 95.3 Å². The van der Waals surface area contributed by atoms with Crippen molar-refractivity contribution in [2.24, 2.45) is 0 Å². The van der Waals surface area contributed by atoms with Gasteiger partial charge in [0.1, 0.15) is 0 Å². The molecule has 1 heterocycles. The van der Waals surface area contributed by atoms with E-state index in [4.69, 9.17) is 0 Å². The summed E-state index contributed by atoms with van der Waals surface area (Å²) in [6.07, 6.45) is 0. The first-order valence-electron chi connectivity index (χ1n) is 3.88. The van der Waals surface area contributed by atoms with E-state index in [0.29, 0.717) is 0 Å². The third kappa shape index (κ3) is 2.72. The van der Waals surface area contributed by atoms with Gasteiger partial charge in [-0.25, -0.2) is 0 Å². The van der Waals surface area contributed by atoms with Crippen molar-refractivity contribution < 1.29 is 0 Å². The van der Waals surface area contributed by atoms with E-state index in [2.05, 4.69) is 34.3 Å². The Hall–Kier alpha value is 3.35. The SMILES string of the molecule is C[As]1[As](C)[As](C)[As](C)[As](C)[As]1C. The van der Waals surface area contributed by atoms with Crippen LogP contribution in [0.2, 0.25) is 34.3 Å². The van der Waals surface area contributed by atoms with Crippen LogP contribution < -0.4 is 0 Å². The van der Waals surface area contributed by atoms with E-state index in [1.807, 2.05) is 0 Å². The Kier molecular flexibility index (Phi) is 6.27. The van der Waals surface area contributed by atoms with Crippen molar-refractivity contribution in [2.75, 3.05) is 0 Å². The molecule has 1 aliphatic heterocycles. The van der Waals surface area contributed by atoms with E-state index in [9.17, 15) is 0 Å². The van der Waals surface area contributed by atoms with Gasteiger partial charge in [0.15, 0.2) is 0 Å². The number of rotatable bonds is 0. The fraction of sp³-hybridized carbons (Fsp3) is 1.00. The molecule has 0 aliphatic carbocycles. The zero-order chi connectivity index (χ0) is 9.46. The van der Waals surface area contributed by atoms with Gasteiger partial charge in [0.05, 0.1) is 0 Å². The van der Waals surface area contributed by atoms with Crippen LogP contribution in [0.15, 0.2) is 0 Å². The van der Waals surface area contributed by atoms with Crippen molar-refractivity contribution in [2.45, 2.75) is 34.3 Å². The molecule has 0 spiro atoms. The first-order valence-corrected chi connectivity index (χ1v) is 46.3. The maximum atomic E-state index is 2.80. The second-order valence-corrected chi connectivity index (χ2v) is 140. The Balaban J connectivity index is 2.76. The summed E-state index contributed by atoms with van der Waals surface area (Å²) < 4.78 is 0. The van der Waals surface area contributed by atoms with Gasteiger partial charge >= 0.3 is 97.4 Å². The molecule has 0 aromatic rings. The van der Waals surface area contributed by atoms with E-state index in [0.717, 1.165) is 0 Å². The molecule has 0 N–H and O–H groups in total. The summed E-state index contributed by atoms with van der Waals surface area (Å²) in [5, 5.41) is 0. The van der Waals surface area contributed by atoms with Crippen LogP contribution in [0.25, 0.3) is 0 Å². The molecule has 72 valence electrons. The number of hydrogen-bond donors (Lipinski definition) is 0. The first kappa shape index (κ1) is 13.4. The van der Waals surface area contributed by atoms with Crippen LogP contribution in [0.1, 0.15) is 0 Å².